The van der Waals surface area contributed by atoms with E-state index in [0.29, 0.717) is 0 Å². The number of hydrogen-bond donors (Lipinski definition) is 2. The zero-order valence-corrected chi connectivity index (χ0v) is 16.3. The Hall–Kier alpha value is -1.59. The number of piperazine rings is 1. The van der Waals surface area contributed by atoms with Crippen LogP contribution < -0.4 is 10.6 Å². The number of hydrogen-bond acceptors (Lipinski definition) is 3. The van der Waals surface area contributed by atoms with Crippen LogP contribution in [0.15, 0.2) is 24.3 Å². The summed E-state index contributed by atoms with van der Waals surface area (Å²) < 4.78 is 0. The molecular formula is C20H34N4O. The number of likely N-dealkylation sites (N-methyl/N-ethyl adjacent to an activating group) is 1. The molecule has 2 rings (SSSR count). The van der Waals surface area contributed by atoms with Crippen LogP contribution >= 0.6 is 0 Å². The Kier molecular flexibility index (Phi) is 7.26. The van der Waals surface area contributed by atoms with Gasteiger partial charge in [0, 0.05) is 38.4 Å². The fourth-order valence-corrected chi connectivity index (χ4v) is 2.96. The molecule has 1 aromatic carbocycles. The number of urea groups is 1. The van der Waals surface area contributed by atoms with Crippen LogP contribution in [0.2, 0.25) is 0 Å². The van der Waals surface area contributed by atoms with E-state index in [1.54, 1.807) is 0 Å². The third-order valence-corrected chi connectivity index (χ3v) is 4.79. The van der Waals surface area contributed by atoms with Crippen molar-refractivity contribution in [3.63, 3.8) is 0 Å². The molecule has 1 saturated heterocycles. The van der Waals surface area contributed by atoms with Crippen LogP contribution in [-0.4, -0.2) is 62.1 Å². The molecule has 0 aliphatic carbocycles. The summed E-state index contributed by atoms with van der Waals surface area (Å²) in [7, 11) is 2.18. The molecule has 0 unspecified atom stereocenters. The monoisotopic (exact) mass is 346 g/mol. The number of unbranched alkanes of at least 4 members (excludes halogenated alkanes) is 1. The van der Waals surface area contributed by atoms with Gasteiger partial charge in [0.15, 0.2) is 0 Å². The van der Waals surface area contributed by atoms with E-state index < -0.39 is 0 Å². The second-order valence-electron chi connectivity index (χ2n) is 8.06. The van der Waals surface area contributed by atoms with Gasteiger partial charge in [-0.25, -0.2) is 4.79 Å². The third-order valence-electron chi connectivity index (χ3n) is 4.79. The van der Waals surface area contributed by atoms with Crippen LogP contribution in [0.1, 0.15) is 39.2 Å². The van der Waals surface area contributed by atoms with E-state index in [0.717, 1.165) is 57.8 Å². The number of nitrogens with zero attached hydrogens (tertiary/aromatic N) is 2. The predicted octanol–water partition coefficient (Wildman–Crippen LogP) is 3.13. The second kappa shape index (κ2) is 9.20. The van der Waals surface area contributed by atoms with Crippen molar-refractivity contribution >= 4 is 11.7 Å². The van der Waals surface area contributed by atoms with Gasteiger partial charge in [0.2, 0.25) is 0 Å². The van der Waals surface area contributed by atoms with Crippen molar-refractivity contribution < 1.29 is 4.79 Å². The molecule has 0 spiro atoms. The van der Waals surface area contributed by atoms with Crippen LogP contribution in [-0.2, 0) is 5.41 Å². The molecule has 0 radical (unpaired) electrons. The number of carbonyl (C=O) groups is 1. The summed E-state index contributed by atoms with van der Waals surface area (Å²) in [5.41, 5.74) is 2.23. The van der Waals surface area contributed by atoms with Gasteiger partial charge >= 0.3 is 6.03 Å². The Balaban J connectivity index is 1.59. The van der Waals surface area contributed by atoms with Crippen LogP contribution in [0.5, 0.6) is 0 Å². The molecule has 0 atom stereocenters. The first-order valence-electron chi connectivity index (χ1n) is 9.41. The molecule has 2 N–H and O–H groups in total. The van der Waals surface area contributed by atoms with E-state index >= 15 is 0 Å². The average molecular weight is 347 g/mol. The van der Waals surface area contributed by atoms with E-state index in [9.17, 15) is 4.79 Å². The summed E-state index contributed by atoms with van der Waals surface area (Å²) in [6.07, 6.45) is 2.15. The van der Waals surface area contributed by atoms with Crippen molar-refractivity contribution in [1.29, 1.82) is 0 Å². The molecule has 1 aliphatic rings. The Morgan fingerprint density at radius 2 is 1.68 bits per heavy atom. The van der Waals surface area contributed by atoms with Crippen LogP contribution in [0.4, 0.5) is 10.5 Å². The van der Waals surface area contributed by atoms with Gasteiger partial charge in [-0.2, -0.15) is 0 Å². The molecule has 5 heteroatoms. The van der Waals surface area contributed by atoms with Crippen molar-refractivity contribution in [2.45, 2.75) is 39.0 Å². The van der Waals surface area contributed by atoms with E-state index in [4.69, 9.17) is 0 Å². The highest BCUT2D eigenvalue weighted by Gasteiger charge is 2.14. The van der Waals surface area contributed by atoms with E-state index in [-0.39, 0.29) is 11.4 Å². The lowest BCUT2D eigenvalue weighted by atomic mass is 9.87. The summed E-state index contributed by atoms with van der Waals surface area (Å²) in [6.45, 7) is 13.1. The van der Waals surface area contributed by atoms with Gasteiger partial charge in [-0.1, -0.05) is 32.9 Å². The number of nitrogens with one attached hydrogen (secondary N) is 2. The van der Waals surface area contributed by atoms with Crippen LogP contribution in [0, 0.1) is 0 Å². The Morgan fingerprint density at radius 3 is 2.28 bits per heavy atom. The highest BCUT2D eigenvalue weighted by molar-refractivity contribution is 5.89. The first-order valence-corrected chi connectivity index (χ1v) is 9.41. The zero-order chi connectivity index (χ0) is 18.3. The number of rotatable bonds is 6. The minimum atomic E-state index is -0.122. The average Bonchev–Trinajstić information content (AvgIpc) is 2.56. The summed E-state index contributed by atoms with van der Waals surface area (Å²) >= 11 is 0. The molecule has 140 valence electrons. The maximum Gasteiger partial charge on any atom is 0.319 e. The van der Waals surface area contributed by atoms with E-state index in [1.807, 2.05) is 12.1 Å². The van der Waals surface area contributed by atoms with Crippen molar-refractivity contribution in [3.8, 4) is 0 Å². The standard InChI is InChI=1S/C20H34N4O/c1-20(2,3)17-7-9-18(10-8-17)22-19(25)21-11-5-6-12-24-15-13-23(4)14-16-24/h7-10H,5-6,11-16H2,1-4H3,(H2,21,22,25). The summed E-state index contributed by atoms with van der Waals surface area (Å²) in [6, 6.07) is 7.96. The number of benzene rings is 1. The Morgan fingerprint density at radius 1 is 1.04 bits per heavy atom. The highest BCUT2D eigenvalue weighted by Crippen LogP contribution is 2.23. The van der Waals surface area contributed by atoms with Gasteiger partial charge in [-0.05, 0) is 49.5 Å². The lowest BCUT2D eigenvalue weighted by molar-refractivity contribution is 0.152. The Bertz CT molecular complexity index is 528. The lowest BCUT2D eigenvalue weighted by Gasteiger charge is -2.32. The summed E-state index contributed by atoms with van der Waals surface area (Å²) in [5, 5.41) is 5.84. The first-order chi connectivity index (χ1) is 11.8. The molecule has 0 aromatic heterocycles. The number of anilines is 1. The molecule has 1 aromatic rings. The van der Waals surface area contributed by atoms with Crippen molar-refractivity contribution in [2.75, 3.05) is 51.6 Å². The quantitative estimate of drug-likeness (QED) is 0.778. The van der Waals surface area contributed by atoms with Crippen molar-refractivity contribution in [3.05, 3.63) is 29.8 Å². The molecule has 0 bridgehead atoms. The molecule has 5 nitrogen and oxygen atoms in total. The van der Waals surface area contributed by atoms with Gasteiger partial charge in [0.1, 0.15) is 0 Å². The smallest absolute Gasteiger partial charge is 0.319 e. The zero-order valence-electron chi connectivity index (χ0n) is 16.3. The molecule has 2 amide bonds. The van der Waals surface area contributed by atoms with Gasteiger partial charge < -0.3 is 20.4 Å². The van der Waals surface area contributed by atoms with Crippen LogP contribution in [0.25, 0.3) is 0 Å². The maximum absolute atomic E-state index is 12.0. The normalized spacial score (nSPS) is 16.6. The fourth-order valence-electron chi connectivity index (χ4n) is 2.96. The Labute approximate surface area is 152 Å². The second-order valence-corrected chi connectivity index (χ2v) is 8.06. The minimum absolute atomic E-state index is 0.122. The molecular weight excluding hydrogens is 312 g/mol. The van der Waals surface area contributed by atoms with Gasteiger partial charge in [0.25, 0.3) is 0 Å². The summed E-state index contributed by atoms with van der Waals surface area (Å²) in [5.74, 6) is 0. The van der Waals surface area contributed by atoms with Gasteiger partial charge in [-0.3, -0.25) is 0 Å². The van der Waals surface area contributed by atoms with Gasteiger partial charge in [-0.15, -0.1) is 0 Å². The van der Waals surface area contributed by atoms with E-state index in [2.05, 4.69) is 60.4 Å². The topological polar surface area (TPSA) is 47.6 Å². The van der Waals surface area contributed by atoms with Crippen molar-refractivity contribution in [1.82, 2.24) is 15.1 Å². The first kappa shape index (κ1) is 19.7. The number of amides is 2. The predicted molar refractivity (Wildman–Crippen MR) is 105 cm³/mol. The fraction of sp³-hybridized carbons (Fsp3) is 0.650. The number of carbonyl (C=O) groups excluding carboxylic acids is 1. The van der Waals surface area contributed by atoms with E-state index in [1.165, 1.54) is 5.56 Å². The molecule has 0 saturated carbocycles. The van der Waals surface area contributed by atoms with Crippen LogP contribution in [0.3, 0.4) is 0 Å². The molecule has 1 aliphatic heterocycles. The molecule has 1 heterocycles. The third kappa shape index (κ3) is 7.04. The largest absolute Gasteiger partial charge is 0.338 e. The van der Waals surface area contributed by atoms with Gasteiger partial charge in [0.05, 0.1) is 0 Å². The molecule has 25 heavy (non-hydrogen) atoms. The minimum Gasteiger partial charge on any atom is -0.338 e. The SMILES string of the molecule is CN1CCN(CCCCNC(=O)Nc2ccc(C(C)(C)C)cc2)CC1. The van der Waals surface area contributed by atoms with Crippen molar-refractivity contribution in [2.24, 2.45) is 0 Å². The highest BCUT2D eigenvalue weighted by atomic mass is 16.2. The maximum atomic E-state index is 12.0. The lowest BCUT2D eigenvalue weighted by Crippen LogP contribution is -2.44. The molecule has 1 fully saturated rings. The summed E-state index contributed by atoms with van der Waals surface area (Å²) in [4.78, 5) is 16.8.